The molecule has 0 radical (unpaired) electrons. The van der Waals surface area contributed by atoms with Crippen LogP contribution < -0.4 is 0 Å². The van der Waals surface area contributed by atoms with Gasteiger partial charge < -0.3 is 0 Å². The van der Waals surface area contributed by atoms with Crippen molar-refractivity contribution in [2.45, 2.75) is 0 Å². The molecule has 1 aromatic rings. The molecule has 0 heterocycles. The standard InChI is InChI=1S/C9H4FNO/c10-9-3-1-7(2-4-9)8(5-11)6-12/h1-4H. The average Bonchev–Trinajstić information content (AvgIpc) is 2.10. The van der Waals surface area contributed by atoms with Crippen LogP contribution in [0.15, 0.2) is 24.3 Å². The molecule has 0 aromatic heterocycles. The average molecular weight is 161 g/mol. The molecule has 3 heteroatoms. The quantitative estimate of drug-likeness (QED) is 0.463. The fourth-order valence-electron chi connectivity index (χ4n) is 0.763. The van der Waals surface area contributed by atoms with Crippen molar-refractivity contribution in [1.82, 2.24) is 0 Å². The number of nitrogens with zero attached hydrogens (tertiary/aromatic N) is 1. The van der Waals surface area contributed by atoms with Gasteiger partial charge in [0.1, 0.15) is 23.4 Å². The zero-order chi connectivity index (χ0) is 8.97. The summed E-state index contributed by atoms with van der Waals surface area (Å²) in [5.74, 6) is 1.07. The van der Waals surface area contributed by atoms with Crippen molar-refractivity contribution in [1.29, 1.82) is 5.26 Å². The summed E-state index contributed by atoms with van der Waals surface area (Å²) in [7, 11) is 0. The number of allylic oxidation sites excluding steroid dienone is 1. The van der Waals surface area contributed by atoms with Crippen LogP contribution in [0.5, 0.6) is 0 Å². The Hall–Kier alpha value is -1.91. The van der Waals surface area contributed by atoms with E-state index in [4.69, 9.17) is 5.26 Å². The summed E-state index contributed by atoms with van der Waals surface area (Å²) in [5, 5.41) is 8.41. The molecule has 0 aliphatic rings. The molecule has 0 unspecified atom stereocenters. The number of benzene rings is 1. The molecule has 0 fully saturated rings. The van der Waals surface area contributed by atoms with Crippen LogP contribution >= 0.6 is 0 Å². The first-order chi connectivity index (χ1) is 5.77. The zero-order valence-corrected chi connectivity index (χ0v) is 6.04. The second-order valence-electron chi connectivity index (χ2n) is 2.10. The Morgan fingerprint density at radius 1 is 1.33 bits per heavy atom. The summed E-state index contributed by atoms with van der Waals surface area (Å²) in [6.07, 6.45) is 0. The van der Waals surface area contributed by atoms with Crippen molar-refractivity contribution >= 4 is 11.5 Å². The maximum absolute atomic E-state index is 12.4. The molecule has 0 aliphatic heterocycles. The molecule has 0 saturated carbocycles. The summed E-state index contributed by atoms with van der Waals surface area (Å²) < 4.78 is 12.4. The lowest BCUT2D eigenvalue weighted by atomic mass is 10.1. The first-order valence-corrected chi connectivity index (χ1v) is 3.19. The van der Waals surface area contributed by atoms with Crippen molar-refractivity contribution in [2.75, 3.05) is 0 Å². The van der Waals surface area contributed by atoms with Crippen molar-refractivity contribution in [3.8, 4) is 6.07 Å². The zero-order valence-electron chi connectivity index (χ0n) is 6.04. The molecule has 2 nitrogen and oxygen atoms in total. The van der Waals surface area contributed by atoms with Gasteiger partial charge in [-0.2, -0.15) is 5.26 Å². The largest absolute Gasteiger partial charge is 0.232 e. The Morgan fingerprint density at radius 2 is 1.92 bits per heavy atom. The van der Waals surface area contributed by atoms with Crippen LogP contribution in [0.4, 0.5) is 4.39 Å². The summed E-state index contributed by atoms with van der Waals surface area (Å²) in [4.78, 5) is 10.1. The van der Waals surface area contributed by atoms with E-state index in [-0.39, 0.29) is 5.57 Å². The Kier molecular flexibility index (Phi) is 2.37. The van der Waals surface area contributed by atoms with Crippen LogP contribution in [0.2, 0.25) is 0 Å². The molecule has 12 heavy (non-hydrogen) atoms. The smallest absolute Gasteiger partial charge is 0.144 e. The Bertz CT molecular complexity index is 369. The maximum atomic E-state index is 12.4. The Balaban J connectivity index is 3.15. The highest BCUT2D eigenvalue weighted by molar-refractivity contribution is 5.95. The number of hydrogen-bond donors (Lipinski definition) is 0. The summed E-state index contributed by atoms with van der Waals surface area (Å²) in [5.41, 5.74) is 0.268. The molecule has 0 aliphatic carbocycles. The van der Waals surface area contributed by atoms with E-state index < -0.39 is 5.82 Å². The number of nitriles is 1. The molecule has 58 valence electrons. The van der Waals surface area contributed by atoms with Gasteiger partial charge in [-0.25, -0.2) is 9.18 Å². The second-order valence-corrected chi connectivity index (χ2v) is 2.10. The molecule has 0 saturated heterocycles. The molecular formula is C9H4FNO. The van der Waals surface area contributed by atoms with Crippen molar-refractivity contribution in [3.63, 3.8) is 0 Å². The van der Waals surface area contributed by atoms with Gasteiger partial charge in [-0.15, -0.1) is 0 Å². The fraction of sp³-hybridized carbons (Fsp3) is 0. The molecule has 0 amide bonds. The number of carbonyl (C=O) groups excluding carboxylic acids is 1. The highest BCUT2D eigenvalue weighted by Crippen LogP contribution is 2.10. The Morgan fingerprint density at radius 3 is 2.33 bits per heavy atom. The summed E-state index contributed by atoms with van der Waals surface area (Å²) >= 11 is 0. The molecule has 0 atom stereocenters. The van der Waals surface area contributed by atoms with Gasteiger partial charge in [0.05, 0.1) is 0 Å². The van der Waals surface area contributed by atoms with Gasteiger partial charge in [-0.1, -0.05) is 0 Å². The third kappa shape index (κ3) is 1.57. The van der Waals surface area contributed by atoms with Gasteiger partial charge in [0.2, 0.25) is 0 Å². The van der Waals surface area contributed by atoms with E-state index in [1.165, 1.54) is 30.2 Å². The monoisotopic (exact) mass is 161 g/mol. The van der Waals surface area contributed by atoms with Crippen LogP contribution in [0.25, 0.3) is 5.57 Å². The second kappa shape index (κ2) is 3.47. The number of halogens is 1. The van der Waals surface area contributed by atoms with Crippen LogP contribution in [0, 0.1) is 17.1 Å². The van der Waals surface area contributed by atoms with Gasteiger partial charge in [-0.3, -0.25) is 0 Å². The first-order valence-electron chi connectivity index (χ1n) is 3.19. The van der Waals surface area contributed by atoms with Gasteiger partial charge in [-0.05, 0) is 24.3 Å². The van der Waals surface area contributed by atoms with Crippen LogP contribution in [-0.2, 0) is 4.79 Å². The normalized spacial score (nSPS) is 8.33. The van der Waals surface area contributed by atoms with Crippen LogP contribution in [0.3, 0.4) is 0 Å². The van der Waals surface area contributed by atoms with Gasteiger partial charge >= 0.3 is 0 Å². The maximum Gasteiger partial charge on any atom is 0.144 e. The van der Waals surface area contributed by atoms with Crippen molar-refractivity contribution < 1.29 is 9.18 Å². The predicted octanol–water partition coefficient (Wildman–Crippen LogP) is 1.56. The topological polar surface area (TPSA) is 40.9 Å². The third-order valence-corrected chi connectivity index (χ3v) is 1.35. The molecular weight excluding hydrogens is 157 g/mol. The van der Waals surface area contributed by atoms with E-state index in [9.17, 15) is 9.18 Å². The van der Waals surface area contributed by atoms with E-state index in [0.29, 0.717) is 5.56 Å². The first kappa shape index (κ1) is 8.19. The number of hydrogen-bond acceptors (Lipinski definition) is 2. The molecule has 1 rings (SSSR count). The highest BCUT2D eigenvalue weighted by Gasteiger charge is 2.00. The lowest BCUT2D eigenvalue weighted by molar-refractivity contribution is 0.569. The van der Waals surface area contributed by atoms with E-state index in [1.54, 1.807) is 6.07 Å². The van der Waals surface area contributed by atoms with Gasteiger partial charge in [0.15, 0.2) is 0 Å². The predicted molar refractivity (Wildman–Crippen MR) is 41.1 cm³/mol. The SMILES string of the molecule is N#CC(=C=O)c1ccc(F)cc1. The fourth-order valence-corrected chi connectivity index (χ4v) is 0.763. The minimum Gasteiger partial charge on any atom is -0.232 e. The molecule has 1 aromatic carbocycles. The van der Waals surface area contributed by atoms with E-state index in [1.807, 2.05) is 0 Å². The van der Waals surface area contributed by atoms with Gasteiger partial charge in [0.25, 0.3) is 0 Å². The third-order valence-electron chi connectivity index (χ3n) is 1.35. The van der Waals surface area contributed by atoms with Crippen LogP contribution in [0.1, 0.15) is 5.56 Å². The lowest BCUT2D eigenvalue weighted by Gasteiger charge is -1.92. The summed E-state index contributed by atoms with van der Waals surface area (Å²) in [6.45, 7) is 0. The van der Waals surface area contributed by atoms with Crippen molar-refractivity contribution in [2.24, 2.45) is 0 Å². The number of rotatable bonds is 1. The highest BCUT2D eigenvalue weighted by atomic mass is 19.1. The molecule has 0 N–H and O–H groups in total. The lowest BCUT2D eigenvalue weighted by Crippen LogP contribution is -1.82. The molecule has 0 bridgehead atoms. The van der Waals surface area contributed by atoms with E-state index in [2.05, 4.69) is 0 Å². The molecule has 0 spiro atoms. The minimum absolute atomic E-state index is 0.116. The van der Waals surface area contributed by atoms with Gasteiger partial charge in [0, 0.05) is 5.56 Å². The minimum atomic E-state index is -0.401. The Labute approximate surface area is 68.6 Å². The summed E-state index contributed by atoms with van der Waals surface area (Å²) in [6, 6.07) is 6.75. The van der Waals surface area contributed by atoms with E-state index in [0.717, 1.165) is 0 Å². The van der Waals surface area contributed by atoms with E-state index >= 15 is 0 Å². The van der Waals surface area contributed by atoms with Crippen molar-refractivity contribution in [3.05, 3.63) is 35.6 Å². The van der Waals surface area contributed by atoms with Crippen LogP contribution in [-0.4, -0.2) is 5.94 Å².